The van der Waals surface area contributed by atoms with Crippen LogP contribution in [0.3, 0.4) is 0 Å². The summed E-state index contributed by atoms with van der Waals surface area (Å²) in [7, 11) is 0. The van der Waals surface area contributed by atoms with Crippen molar-refractivity contribution in [2.75, 3.05) is 6.54 Å². The van der Waals surface area contributed by atoms with Crippen molar-refractivity contribution in [1.82, 2.24) is 30.0 Å². The van der Waals surface area contributed by atoms with Gasteiger partial charge in [0.15, 0.2) is 0 Å². The first-order valence-electron chi connectivity index (χ1n) is 7.67. The molecule has 0 aliphatic heterocycles. The Hall–Kier alpha value is -3.01. The second-order valence-corrected chi connectivity index (χ2v) is 5.81. The first-order valence-corrected chi connectivity index (χ1v) is 8.04. The topological polar surface area (TPSA) is 85.6 Å². The largest absolute Gasteiger partial charge is 0.416 e. The maximum absolute atomic E-state index is 12.8. The molecule has 2 aromatic heterocycles. The third kappa shape index (κ3) is 4.59. The smallest absolute Gasteiger partial charge is 0.352 e. The molecule has 0 unspecified atom stereocenters. The highest BCUT2D eigenvalue weighted by Gasteiger charge is 2.31. The summed E-state index contributed by atoms with van der Waals surface area (Å²) in [5, 5.41) is 6.38. The number of nitrogens with zero attached hydrogens (tertiary/aromatic N) is 5. The van der Waals surface area contributed by atoms with Crippen LogP contribution in [0.2, 0.25) is 5.02 Å². The molecule has 2 heterocycles. The lowest BCUT2D eigenvalue weighted by Crippen LogP contribution is -2.27. The number of alkyl halides is 3. The maximum Gasteiger partial charge on any atom is 0.416 e. The highest BCUT2D eigenvalue weighted by atomic mass is 35.5. The summed E-state index contributed by atoms with van der Waals surface area (Å²) < 4.78 is 39.9. The lowest BCUT2D eigenvalue weighted by atomic mass is 10.1. The van der Waals surface area contributed by atoms with Crippen LogP contribution in [-0.2, 0) is 12.6 Å². The van der Waals surface area contributed by atoms with Crippen molar-refractivity contribution < 1.29 is 18.0 Å². The van der Waals surface area contributed by atoms with E-state index in [4.69, 9.17) is 11.6 Å². The van der Waals surface area contributed by atoms with Crippen LogP contribution in [-0.4, -0.2) is 37.2 Å². The van der Waals surface area contributed by atoms with Crippen molar-refractivity contribution in [3.8, 4) is 5.95 Å². The molecule has 0 aliphatic rings. The zero-order valence-corrected chi connectivity index (χ0v) is 14.4. The van der Waals surface area contributed by atoms with Gasteiger partial charge in [-0.3, -0.25) is 4.79 Å². The van der Waals surface area contributed by atoms with Gasteiger partial charge in [-0.15, -0.1) is 0 Å². The molecule has 0 fully saturated rings. The number of hydrogen-bond donors (Lipinski definition) is 1. The highest BCUT2D eigenvalue weighted by Crippen LogP contribution is 2.31. The number of amides is 1. The zero-order valence-electron chi connectivity index (χ0n) is 13.6. The Balaban J connectivity index is 1.66. The van der Waals surface area contributed by atoms with E-state index in [2.05, 4.69) is 25.4 Å². The van der Waals surface area contributed by atoms with Crippen molar-refractivity contribution in [1.29, 1.82) is 0 Å². The van der Waals surface area contributed by atoms with Gasteiger partial charge in [0, 0.05) is 35.9 Å². The minimum absolute atomic E-state index is 0.123. The molecule has 11 heteroatoms. The quantitative estimate of drug-likeness (QED) is 0.716. The highest BCUT2D eigenvalue weighted by molar-refractivity contribution is 6.31. The Bertz CT molecular complexity index is 945. The van der Waals surface area contributed by atoms with Gasteiger partial charge in [0.05, 0.1) is 5.56 Å². The Morgan fingerprint density at radius 3 is 2.59 bits per heavy atom. The standard InChI is InChI=1S/C16H12ClF3N6O/c17-12-7-10(6-11(8-12)16(18,19)20)14(27)21-5-2-13-24-9-25-26(13)15-22-3-1-4-23-15/h1,3-4,6-9H,2,5H2,(H,21,27). The van der Waals surface area contributed by atoms with Gasteiger partial charge in [-0.1, -0.05) is 11.6 Å². The average Bonchev–Trinajstić information content (AvgIpc) is 3.09. The van der Waals surface area contributed by atoms with E-state index in [1.165, 1.54) is 17.1 Å². The number of benzene rings is 1. The number of nitrogens with one attached hydrogen (secondary N) is 1. The molecule has 0 radical (unpaired) electrons. The molecule has 0 saturated carbocycles. The molecule has 7 nitrogen and oxygen atoms in total. The van der Waals surface area contributed by atoms with E-state index in [9.17, 15) is 18.0 Å². The van der Waals surface area contributed by atoms with E-state index < -0.39 is 17.6 Å². The van der Waals surface area contributed by atoms with Gasteiger partial charge in [-0.2, -0.15) is 23.0 Å². The van der Waals surface area contributed by atoms with Crippen molar-refractivity contribution in [3.05, 3.63) is 65.0 Å². The van der Waals surface area contributed by atoms with Crippen LogP contribution >= 0.6 is 11.6 Å². The minimum atomic E-state index is -4.59. The van der Waals surface area contributed by atoms with Crippen LogP contribution in [0.5, 0.6) is 0 Å². The average molecular weight is 397 g/mol. The summed E-state index contributed by atoms with van der Waals surface area (Å²) in [6.07, 6.45) is 0.0999. The molecular weight excluding hydrogens is 385 g/mol. The fourth-order valence-electron chi connectivity index (χ4n) is 2.28. The van der Waals surface area contributed by atoms with Crippen LogP contribution in [0, 0.1) is 0 Å². The van der Waals surface area contributed by atoms with Crippen molar-refractivity contribution in [2.45, 2.75) is 12.6 Å². The Kier molecular flexibility index (Phi) is 5.36. The van der Waals surface area contributed by atoms with Crippen LogP contribution in [0.15, 0.2) is 43.0 Å². The lowest BCUT2D eigenvalue weighted by molar-refractivity contribution is -0.137. The molecule has 0 bridgehead atoms. The normalized spacial score (nSPS) is 11.4. The lowest BCUT2D eigenvalue weighted by Gasteiger charge is -2.10. The summed E-state index contributed by atoms with van der Waals surface area (Å²) >= 11 is 5.69. The van der Waals surface area contributed by atoms with Gasteiger partial charge in [0.1, 0.15) is 12.2 Å². The summed E-state index contributed by atoms with van der Waals surface area (Å²) in [6, 6.07) is 4.34. The van der Waals surface area contributed by atoms with Gasteiger partial charge in [0.2, 0.25) is 0 Å². The zero-order chi connectivity index (χ0) is 19.4. The van der Waals surface area contributed by atoms with E-state index in [1.807, 2.05) is 0 Å². The number of aromatic nitrogens is 5. The Labute approximate surface area is 156 Å². The first kappa shape index (κ1) is 18.8. The molecule has 1 N–H and O–H groups in total. The maximum atomic E-state index is 12.8. The second kappa shape index (κ2) is 7.70. The predicted octanol–water partition coefficient (Wildman–Crippen LogP) is 2.70. The number of carbonyl (C=O) groups is 1. The number of carbonyl (C=O) groups excluding carboxylic acids is 1. The summed E-state index contributed by atoms with van der Waals surface area (Å²) in [4.78, 5) is 24.3. The molecule has 140 valence electrons. The predicted molar refractivity (Wildman–Crippen MR) is 89.4 cm³/mol. The van der Waals surface area contributed by atoms with E-state index in [0.29, 0.717) is 11.8 Å². The van der Waals surface area contributed by atoms with Crippen LogP contribution in [0.1, 0.15) is 21.7 Å². The number of hydrogen-bond acceptors (Lipinski definition) is 5. The minimum Gasteiger partial charge on any atom is -0.352 e. The molecule has 3 rings (SSSR count). The Morgan fingerprint density at radius 2 is 1.89 bits per heavy atom. The van der Waals surface area contributed by atoms with Crippen molar-refractivity contribution in [2.24, 2.45) is 0 Å². The van der Waals surface area contributed by atoms with E-state index in [-0.39, 0.29) is 23.6 Å². The summed E-state index contributed by atoms with van der Waals surface area (Å²) in [6.45, 7) is 0.123. The fraction of sp³-hybridized carbons (Fsp3) is 0.188. The van der Waals surface area contributed by atoms with Gasteiger partial charge in [-0.25, -0.2) is 15.0 Å². The van der Waals surface area contributed by atoms with Gasteiger partial charge in [0.25, 0.3) is 11.9 Å². The number of halogens is 4. The molecule has 0 aliphatic carbocycles. The fourth-order valence-corrected chi connectivity index (χ4v) is 2.51. The molecule has 3 aromatic rings. The van der Waals surface area contributed by atoms with Crippen LogP contribution < -0.4 is 5.32 Å². The molecular formula is C16H12ClF3N6O. The van der Waals surface area contributed by atoms with Crippen LogP contribution in [0.4, 0.5) is 13.2 Å². The summed E-state index contributed by atoms with van der Waals surface area (Å²) in [5.74, 6) is 0.134. The van der Waals surface area contributed by atoms with Crippen molar-refractivity contribution in [3.63, 3.8) is 0 Å². The molecule has 1 aromatic carbocycles. The van der Waals surface area contributed by atoms with E-state index in [0.717, 1.165) is 12.1 Å². The van der Waals surface area contributed by atoms with Gasteiger partial charge in [-0.05, 0) is 24.3 Å². The molecule has 0 spiro atoms. The first-order chi connectivity index (χ1) is 12.8. The SMILES string of the molecule is O=C(NCCc1ncnn1-c1ncccn1)c1cc(Cl)cc(C(F)(F)F)c1. The van der Waals surface area contributed by atoms with Crippen molar-refractivity contribution >= 4 is 17.5 Å². The molecule has 1 amide bonds. The van der Waals surface area contributed by atoms with Gasteiger partial charge >= 0.3 is 6.18 Å². The van der Waals surface area contributed by atoms with E-state index >= 15 is 0 Å². The Morgan fingerprint density at radius 1 is 1.15 bits per heavy atom. The molecule has 0 saturated heterocycles. The number of rotatable bonds is 5. The molecule has 0 atom stereocenters. The third-order valence-electron chi connectivity index (χ3n) is 3.48. The summed E-state index contributed by atoms with van der Waals surface area (Å²) in [5.41, 5.74) is -1.16. The second-order valence-electron chi connectivity index (χ2n) is 5.37. The van der Waals surface area contributed by atoms with E-state index in [1.54, 1.807) is 18.5 Å². The monoisotopic (exact) mass is 396 g/mol. The third-order valence-corrected chi connectivity index (χ3v) is 3.70. The van der Waals surface area contributed by atoms with Crippen LogP contribution in [0.25, 0.3) is 5.95 Å². The van der Waals surface area contributed by atoms with Gasteiger partial charge < -0.3 is 5.32 Å². The molecule has 27 heavy (non-hydrogen) atoms.